The SMILES string of the molecule is CCNC(=O)CCNC(=O)c1sc2cccc(Cl)c2c1N. The summed E-state index contributed by atoms with van der Waals surface area (Å²) in [6.07, 6.45) is 0.241. The van der Waals surface area contributed by atoms with E-state index in [0.717, 1.165) is 4.70 Å². The van der Waals surface area contributed by atoms with Crippen molar-refractivity contribution < 1.29 is 9.59 Å². The summed E-state index contributed by atoms with van der Waals surface area (Å²) in [5.41, 5.74) is 6.39. The van der Waals surface area contributed by atoms with Gasteiger partial charge in [-0.15, -0.1) is 11.3 Å². The zero-order valence-electron chi connectivity index (χ0n) is 11.5. The summed E-state index contributed by atoms with van der Waals surface area (Å²) in [5, 5.41) is 6.60. The molecule has 2 aromatic rings. The summed E-state index contributed by atoms with van der Waals surface area (Å²) >= 11 is 7.40. The average Bonchev–Trinajstić information content (AvgIpc) is 2.78. The number of carbonyl (C=O) groups is 2. The van der Waals surface area contributed by atoms with Gasteiger partial charge in [0.1, 0.15) is 4.88 Å². The zero-order valence-corrected chi connectivity index (χ0v) is 13.1. The molecule has 0 saturated heterocycles. The summed E-state index contributed by atoms with van der Waals surface area (Å²) in [7, 11) is 0. The molecule has 5 nitrogen and oxygen atoms in total. The van der Waals surface area contributed by atoms with Gasteiger partial charge in [-0.3, -0.25) is 9.59 Å². The molecule has 112 valence electrons. The number of anilines is 1. The number of nitrogen functional groups attached to an aromatic ring is 1. The Morgan fingerprint density at radius 3 is 2.76 bits per heavy atom. The van der Waals surface area contributed by atoms with E-state index in [1.807, 2.05) is 19.1 Å². The first kappa shape index (κ1) is 15.6. The normalized spacial score (nSPS) is 10.6. The number of hydrogen-bond donors (Lipinski definition) is 3. The third-order valence-corrected chi connectivity index (χ3v) is 4.40. The van der Waals surface area contributed by atoms with Crippen molar-refractivity contribution in [1.29, 1.82) is 0 Å². The molecule has 4 N–H and O–H groups in total. The van der Waals surface area contributed by atoms with Gasteiger partial charge in [-0.1, -0.05) is 17.7 Å². The van der Waals surface area contributed by atoms with Crippen LogP contribution in [0.15, 0.2) is 18.2 Å². The Labute approximate surface area is 131 Å². The molecule has 1 aromatic heterocycles. The highest BCUT2D eigenvalue weighted by atomic mass is 35.5. The van der Waals surface area contributed by atoms with Crippen LogP contribution >= 0.6 is 22.9 Å². The third kappa shape index (κ3) is 3.46. The maximum Gasteiger partial charge on any atom is 0.263 e. The van der Waals surface area contributed by atoms with Crippen LogP contribution in [0.1, 0.15) is 23.0 Å². The Morgan fingerprint density at radius 1 is 1.33 bits per heavy atom. The Balaban J connectivity index is 2.08. The molecule has 0 aliphatic heterocycles. The topological polar surface area (TPSA) is 84.2 Å². The van der Waals surface area contributed by atoms with Gasteiger partial charge in [-0.05, 0) is 19.1 Å². The largest absolute Gasteiger partial charge is 0.397 e. The standard InChI is InChI=1S/C14H16ClN3O2S/c1-2-17-10(19)6-7-18-14(20)13-12(16)11-8(15)4-3-5-9(11)21-13/h3-5H,2,6-7,16H2,1H3,(H,17,19)(H,18,20). The van der Waals surface area contributed by atoms with Crippen molar-refractivity contribution in [3.8, 4) is 0 Å². The summed E-state index contributed by atoms with van der Waals surface area (Å²) < 4.78 is 0.869. The number of rotatable bonds is 5. The van der Waals surface area contributed by atoms with Crippen LogP contribution in [0, 0.1) is 0 Å². The number of thiophene rings is 1. The number of benzene rings is 1. The van der Waals surface area contributed by atoms with E-state index in [2.05, 4.69) is 10.6 Å². The van der Waals surface area contributed by atoms with E-state index in [0.29, 0.717) is 27.5 Å². The lowest BCUT2D eigenvalue weighted by Crippen LogP contribution is -2.30. The fraction of sp³-hybridized carbons (Fsp3) is 0.286. The summed E-state index contributed by atoms with van der Waals surface area (Å²) in [5.74, 6) is -0.376. The molecule has 21 heavy (non-hydrogen) atoms. The molecule has 0 saturated carbocycles. The van der Waals surface area contributed by atoms with Crippen LogP contribution in [-0.4, -0.2) is 24.9 Å². The highest BCUT2D eigenvalue weighted by molar-refractivity contribution is 7.21. The fourth-order valence-corrected chi connectivity index (χ4v) is 3.35. The van der Waals surface area contributed by atoms with Crippen molar-refractivity contribution in [3.63, 3.8) is 0 Å². The average molecular weight is 326 g/mol. The van der Waals surface area contributed by atoms with Crippen LogP contribution in [0.25, 0.3) is 10.1 Å². The van der Waals surface area contributed by atoms with Crippen molar-refractivity contribution in [3.05, 3.63) is 28.1 Å². The van der Waals surface area contributed by atoms with Crippen molar-refractivity contribution in [2.45, 2.75) is 13.3 Å². The van der Waals surface area contributed by atoms with E-state index in [4.69, 9.17) is 17.3 Å². The van der Waals surface area contributed by atoms with Crippen LogP contribution in [0.4, 0.5) is 5.69 Å². The Kier molecular flexibility index (Phi) is 5.03. The molecule has 0 spiro atoms. The minimum atomic E-state index is -0.283. The first-order valence-electron chi connectivity index (χ1n) is 6.56. The Morgan fingerprint density at radius 2 is 2.10 bits per heavy atom. The van der Waals surface area contributed by atoms with Gasteiger partial charge in [-0.2, -0.15) is 0 Å². The Hall–Kier alpha value is -1.79. The molecule has 0 fully saturated rings. The van der Waals surface area contributed by atoms with Gasteiger partial charge < -0.3 is 16.4 Å². The summed E-state index contributed by atoms with van der Waals surface area (Å²) in [6.45, 7) is 2.69. The van der Waals surface area contributed by atoms with Gasteiger partial charge in [-0.25, -0.2) is 0 Å². The van der Waals surface area contributed by atoms with Gasteiger partial charge in [0.05, 0.1) is 10.7 Å². The monoisotopic (exact) mass is 325 g/mol. The lowest BCUT2D eigenvalue weighted by molar-refractivity contribution is -0.120. The molecule has 0 aliphatic rings. The maximum atomic E-state index is 12.1. The summed E-state index contributed by atoms with van der Waals surface area (Å²) in [4.78, 5) is 23.9. The van der Waals surface area contributed by atoms with Crippen LogP contribution in [0.3, 0.4) is 0 Å². The van der Waals surface area contributed by atoms with Gasteiger partial charge in [0, 0.05) is 29.6 Å². The van der Waals surface area contributed by atoms with E-state index < -0.39 is 0 Å². The molecule has 0 unspecified atom stereocenters. The first-order valence-corrected chi connectivity index (χ1v) is 7.75. The van der Waals surface area contributed by atoms with Gasteiger partial charge in [0.25, 0.3) is 5.91 Å². The minimum absolute atomic E-state index is 0.0924. The number of amides is 2. The predicted molar refractivity (Wildman–Crippen MR) is 86.9 cm³/mol. The molecule has 2 rings (SSSR count). The number of halogens is 1. The van der Waals surface area contributed by atoms with Crippen LogP contribution in [0.2, 0.25) is 5.02 Å². The molecular weight excluding hydrogens is 310 g/mol. The number of fused-ring (bicyclic) bond motifs is 1. The fourth-order valence-electron chi connectivity index (χ4n) is 1.95. The molecular formula is C14H16ClN3O2S. The molecule has 0 bridgehead atoms. The summed E-state index contributed by atoms with van der Waals surface area (Å²) in [6, 6.07) is 5.43. The van der Waals surface area contributed by atoms with Gasteiger partial charge >= 0.3 is 0 Å². The zero-order chi connectivity index (χ0) is 15.4. The van der Waals surface area contributed by atoms with Crippen LogP contribution in [0.5, 0.6) is 0 Å². The first-order chi connectivity index (χ1) is 10.0. The molecule has 2 amide bonds. The van der Waals surface area contributed by atoms with Gasteiger partial charge in [0.15, 0.2) is 0 Å². The predicted octanol–water partition coefficient (Wildman–Crippen LogP) is 2.39. The maximum absolute atomic E-state index is 12.1. The quantitative estimate of drug-likeness (QED) is 0.789. The van der Waals surface area contributed by atoms with E-state index in [1.54, 1.807) is 6.07 Å². The smallest absolute Gasteiger partial charge is 0.263 e. The number of hydrogen-bond acceptors (Lipinski definition) is 4. The van der Waals surface area contributed by atoms with Crippen LogP contribution < -0.4 is 16.4 Å². The molecule has 7 heteroatoms. The number of nitrogens with one attached hydrogen (secondary N) is 2. The number of nitrogens with two attached hydrogens (primary N) is 1. The van der Waals surface area contributed by atoms with E-state index in [9.17, 15) is 9.59 Å². The highest BCUT2D eigenvalue weighted by Crippen LogP contribution is 2.37. The van der Waals surface area contributed by atoms with Crippen molar-refractivity contribution in [2.75, 3.05) is 18.8 Å². The van der Waals surface area contributed by atoms with Crippen molar-refractivity contribution in [2.24, 2.45) is 0 Å². The second kappa shape index (κ2) is 6.78. The molecule has 0 atom stereocenters. The lowest BCUT2D eigenvalue weighted by Gasteiger charge is -2.04. The number of carbonyl (C=O) groups excluding carboxylic acids is 2. The van der Waals surface area contributed by atoms with Gasteiger partial charge in [0.2, 0.25) is 5.91 Å². The second-order valence-electron chi connectivity index (χ2n) is 4.42. The van der Waals surface area contributed by atoms with E-state index in [-0.39, 0.29) is 24.8 Å². The van der Waals surface area contributed by atoms with Crippen molar-refractivity contribution >= 4 is 50.5 Å². The van der Waals surface area contributed by atoms with Crippen molar-refractivity contribution in [1.82, 2.24) is 10.6 Å². The highest BCUT2D eigenvalue weighted by Gasteiger charge is 2.17. The minimum Gasteiger partial charge on any atom is -0.397 e. The van der Waals surface area contributed by atoms with E-state index >= 15 is 0 Å². The molecule has 0 radical (unpaired) electrons. The third-order valence-electron chi connectivity index (χ3n) is 2.92. The lowest BCUT2D eigenvalue weighted by atomic mass is 10.2. The molecule has 0 aliphatic carbocycles. The van der Waals surface area contributed by atoms with Crippen LogP contribution in [-0.2, 0) is 4.79 Å². The Bertz CT molecular complexity index is 684. The van der Waals surface area contributed by atoms with E-state index in [1.165, 1.54) is 11.3 Å². The molecule has 1 aromatic carbocycles. The second-order valence-corrected chi connectivity index (χ2v) is 5.88. The molecule has 1 heterocycles.